The summed E-state index contributed by atoms with van der Waals surface area (Å²) >= 11 is 0. The van der Waals surface area contributed by atoms with Crippen LogP contribution < -0.4 is 0 Å². The summed E-state index contributed by atoms with van der Waals surface area (Å²) in [6.07, 6.45) is -0.559. The summed E-state index contributed by atoms with van der Waals surface area (Å²) in [4.78, 5) is 25.4. The smallest absolute Gasteiger partial charge is 0.409 e. The molecule has 0 bridgehead atoms. The van der Waals surface area contributed by atoms with E-state index in [1.165, 1.54) is 0 Å². The van der Waals surface area contributed by atoms with E-state index in [-0.39, 0.29) is 25.4 Å². The largest absolute Gasteiger partial charge is 0.447 e. The molecule has 0 saturated carbocycles. The van der Waals surface area contributed by atoms with Gasteiger partial charge < -0.3 is 28.7 Å². The Morgan fingerprint density at radius 3 is 1.35 bits per heavy atom. The predicted molar refractivity (Wildman–Crippen MR) is 67.5 cm³/mol. The van der Waals surface area contributed by atoms with Crippen molar-refractivity contribution < 1.29 is 28.5 Å². The van der Waals surface area contributed by atoms with Crippen molar-refractivity contribution in [2.45, 2.75) is 0 Å². The quantitative estimate of drug-likeness (QED) is 0.436. The SMILES string of the molecule is O=C(OCCOCCOCCOC(=O)N1CC1)N1CC1. The molecule has 0 radical (unpaired) electrons. The van der Waals surface area contributed by atoms with Crippen LogP contribution in [-0.4, -0.2) is 87.8 Å². The molecule has 0 N–H and O–H groups in total. The molecule has 0 unspecified atom stereocenters. The van der Waals surface area contributed by atoms with Crippen molar-refractivity contribution in [2.75, 3.05) is 65.8 Å². The van der Waals surface area contributed by atoms with Gasteiger partial charge in [-0.25, -0.2) is 9.59 Å². The minimum atomic E-state index is -0.280. The Labute approximate surface area is 117 Å². The lowest BCUT2D eigenvalue weighted by atomic mass is 10.7. The molecule has 2 aliphatic heterocycles. The molecular formula is C12H20N2O6. The van der Waals surface area contributed by atoms with Gasteiger partial charge in [0.2, 0.25) is 0 Å². The molecule has 20 heavy (non-hydrogen) atoms. The predicted octanol–water partition coefficient (Wildman–Crippen LogP) is -0.0760. The highest BCUT2D eigenvalue weighted by Gasteiger charge is 2.25. The Balaban J connectivity index is 1.28. The molecule has 2 amide bonds. The van der Waals surface area contributed by atoms with Crippen LogP contribution in [0.5, 0.6) is 0 Å². The molecule has 0 aliphatic carbocycles. The highest BCUT2D eigenvalue weighted by Crippen LogP contribution is 2.05. The van der Waals surface area contributed by atoms with Gasteiger partial charge in [-0.3, -0.25) is 0 Å². The second-order valence-corrected chi connectivity index (χ2v) is 4.43. The molecule has 8 nitrogen and oxygen atoms in total. The number of carbonyl (C=O) groups is 2. The Morgan fingerprint density at radius 2 is 1.00 bits per heavy atom. The monoisotopic (exact) mass is 288 g/mol. The highest BCUT2D eigenvalue weighted by molar-refractivity contribution is 5.70. The lowest BCUT2D eigenvalue weighted by Crippen LogP contribution is -2.18. The maximum Gasteiger partial charge on any atom is 0.409 e. The first-order valence-corrected chi connectivity index (χ1v) is 6.76. The van der Waals surface area contributed by atoms with E-state index in [1.54, 1.807) is 9.80 Å². The second-order valence-electron chi connectivity index (χ2n) is 4.43. The molecule has 2 saturated heterocycles. The van der Waals surface area contributed by atoms with Crippen molar-refractivity contribution in [1.29, 1.82) is 0 Å². The maximum absolute atomic E-state index is 11.1. The average Bonchev–Trinajstić information content (AvgIpc) is 3.32. The van der Waals surface area contributed by atoms with Crippen LogP contribution in [0.25, 0.3) is 0 Å². The summed E-state index contributed by atoms with van der Waals surface area (Å²) in [5, 5.41) is 0. The van der Waals surface area contributed by atoms with Gasteiger partial charge in [0.25, 0.3) is 0 Å². The number of ether oxygens (including phenoxy) is 4. The molecule has 8 heteroatoms. The molecule has 2 heterocycles. The summed E-state index contributed by atoms with van der Waals surface area (Å²) in [6, 6.07) is 0. The van der Waals surface area contributed by atoms with Crippen molar-refractivity contribution in [3.8, 4) is 0 Å². The van der Waals surface area contributed by atoms with E-state index in [4.69, 9.17) is 18.9 Å². The van der Waals surface area contributed by atoms with E-state index in [1.807, 2.05) is 0 Å². The van der Waals surface area contributed by atoms with Crippen LogP contribution >= 0.6 is 0 Å². The normalized spacial score (nSPS) is 16.0. The fourth-order valence-corrected chi connectivity index (χ4v) is 1.35. The Bertz CT molecular complexity index is 298. The van der Waals surface area contributed by atoms with Crippen molar-refractivity contribution >= 4 is 12.2 Å². The van der Waals surface area contributed by atoms with Gasteiger partial charge >= 0.3 is 12.2 Å². The first-order valence-electron chi connectivity index (χ1n) is 6.76. The zero-order valence-corrected chi connectivity index (χ0v) is 11.4. The van der Waals surface area contributed by atoms with E-state index in [0.29, 0.717) is 26.4 Å². The van der Waals surface area contributed by atoms with Crippen LogP contribution in [0.1, 0.15) is 0 Å². The molecule has 0 aromatic heterocycles. The lowest BCUT2D eigenvalue weighted by Gasteiger charge is -2.08. The number of nitrogens with zero attached hydrogens (tertiary/aromatic N) is 2. The summed E-state index contributed by atoms with van der Waals surface area (Å²) in [6.45, 7) is 5.20. The van der Waals surface area contributed by atoms with E-state index in [2.05, 4.69) is 0 Å². The number of carbonyl (C=O) groups excluding carboxylic acids is 2. The van der Waals surface area contributed by atoms with Gasteiger partial charge in [0.15, 0.2) is 0 Å². The van der Waals surface area contributed by atoms with Crippen LogP contribution in [0.2, 0.25) is 0 Å². The van der Waals surface area contributed by atoms with E-state index < -0.39 is 0 Å². The van der Waals surface area contributed by atoms with E-state index in [0.717, 1.165) is 26.2 Å². The molecule has 114 valence electrons. The molecule has 0 spiro atoms. The van der Waals surface area contributed by atoms with Crippen LogP contribution in [0.3, 0.4) is 0 Å². The highest BCUT2D eigenvalue weighted by atomic mass is 16.6. The number of amides is 2. The Hall–Kier alpha value is -1.54. The third-order valence-electron chi connectivity index (χ3n) is 2.69. The molecule has 2 aliphatic rings. The van der Waals surface area contributed by atoms with E-state index in [9.17, 15) is 9.59 Å². The van der Waals surface area contributed by atoms with Crippen LogP contribution in [-0.2, 0) is 18.9 Å². The van der Waals surface area contributed by atoms with Crippen LogP contribution in [0, 0.1) is 0 Å². The summed E-state index contributed by atoms with van der Waals surface area (Å²) < 4.78 is 20.3. The Morgan fingerprint density at radius 1 is 0.650 bits per heavy atom. The molecule has 0 aromatic rings. The van der Waals surface area contributed by atoms with Crippen molar-refractivity contribution in [1.82, 2.24) is 9.80 Å². The van der Waals surface area contributed by atoms with Crippen molar-refractivity contribution in [2.24, 2.45) is 0 Å². The maximum atomic E-state index is 11.1. The first-order chi connectivity index (χ1) is 9.77. The van der Waals surface area contributed by atoms with Gasteiger partial charge in [-0.05, 0) is 0 Å². The van der Waals surface area contributed by atoms with E-state index >= 15 is 0 Å². The number of rotatable bonds is 9. The lowest BCUT2D eigenvalue weighted by molar-refractivity contribution is 0.0131. The minimum absolute atomic E-state index is 0.253. The average molecular weight is 288 g/mol. The van der Waals surface area contributed by atoms with Crippen LogP contribution in [0.4, 0.5) is 9.59 Å². The van der Waals surface area contributed by atoms with Crippen molar-refractivity contribution in [3.05, 3.63) is 0 Å². The fourth-order valence-electron chi connectivity index (χ4n) is 1.35. The second kappa shape index (κ2) is 7.91. The third kappa shape index (κ3) is 6.07. The summed E-state index contributed by atoms with van der Waals surface area (Å²) in [7, 11) is 0. The first kappa shape index (κ1) is 14.9. The van der Waals surface area contributed by atoms with Crippen molar-refractivity contribution in [3.63, 3.8) is 0 Å². The van der Waals surface area contributed by atoms with Gasteiger partial charge in [-0.15, -0.1) is 0 Å². The zero-order valence-electron chi connectivity index (χ0n) is 11.4. The molecule has 0 aromatic carbocycles. The molecule has 2 fully saturated rings. The number of hydrogen-bond donors (Lipinski definition) is 0. The summed E-state index contributed by atoms with van der Waals surface area (Å²) in [5.74, 6) is 0. The molecular weight excluding hydrogens is 268 g/mol. The van der Waals surface area contributed by atoms with Gasteiger partial charge in [-0.1, -0.05) is 0 Å². The fraction of sp³-hybridized carbons (Fsp3) is 0.833. The third-order valence-corrected chi connectivity index (χ3v) is 2.69. The van der Waals surface area contributed by atoms with Crippen LogP contribution in [0.15, 0.2) is 0 Å². The molecule has 2 rings (SSSR count). The summed E-state index contributed by atoms with van der Waals surface area (Å²) in [5.41, 5.74) is 0. The van der Waals surface area contributed by atoms with Gasteiger partial charge in [0.1, 0.15) is 13.2 Å². The zero-order chi connectivity index (χ0) is 14.2. The van der Waals surface area contributed by atoms with Gasteiger partial charge in [-0.2, -0.15) is 0 Å². The van der Waals surface area contributed by atoms with Gasteiger partial charge in [0.05, 0.1) is 26.4 Å². The Kier molecular flexibility index (Phi) is 5.87. The molecule has 0 atom stereocenters. The minimum Gasteiger partial charge on any atom is -0.447 e. The standard InChI is InChI=1S/C12H20N2O6/c15-11(13-1-2-13)19-9-7-17-5-6-18-8-10-20-12(16)14-3-4-14/h1-10H2. The topological polar surface area (TPSA) is 77.1 Å². The van der Waals surface area contributed by atoms with Gasteiger partial charge in [0, 0.05) is 26.2 Å². The number of hydrogen-bond acceptors (Lipinski definition) is 6.